The molecular formula is C51H43N4OS. The molecule has 3 aromatic carbocycles. The third-order valence-electron chi connectivity index (χ3n) is 11.0. The minimum absolute atomic E-state index is 0.0576. The number of rotatable bonds is 5. The van der Waals surface area contributed by atoms with Crippen LogP contribution in [-0.4, -0.2) is 25.1 Å². The molecule has 1 fully saturated rings. The highest BCUT2D eigenvalue weighted by Crippen LogP contribution is 2.42. The highest BCUT2D eigenvalue weighted by molar-refractivity contribution is 8.13. The molecule has 3 aromatic heterocycles. The van der Waals surface area contributed by atoms with Crippen molar-refractivity contribution in [2.45, 2.75) is 53.4 Å². The van der Waals surface area contributed by atoms with E-state index in [0.717, 1.165) is 83.5 Å². The van der Waals surface area contributed by atoms with E-state index >= 15 is 0 Å². The highest BCUT2D eigenvalue weighted by Gasteiger charge is 2.26. The van der Waals surface area contributed by atoms with E-state index in [9.17, 15) is 4.79 Å². The van der Waals surface area contributed by atoms with Gasteiger partial charge in [0.15, 0.2) is 5.12 Å². The Kier molecular flexibility index (Phi) is 9.48. The number of carbonyl (C=O) groups excluding carboxylic acids is 1. The minimum Gasteiger partial charge on any atom is -0.355 e. The van der Waals surface area contributed by atoms with Crippen LogP contribution in [0.5, 0.6) is 0 Å². The normalized spacial score (nSPS) is 13.9. The molecule has 0 spiro atoms. The standard InChI is InChI=1S/C51H43N4OS/c1-28-24-30(3)46(31(4)25-28)50-42-20-16-38(52-42)48(35-10-8-9-11-35)39-17-21-43(53-39)51(47-32(5)26-29(2)27-33(47)6)45-23-19-41(55-45)49(40-18-22-44(50)54-40)36-12-14-37(15-13-36)57-34(7)56/h8-27,52,55H,1-7H3. The molecule has 5 heterocycles. The third-order valence-corrected chi connectivity index (χ3v) is 11.8. The van der Waals surface area contributed by atoms with Crippen LogP contribution in [0.2, 0.25) is 0 Å². The molecule has 3 aliphatic rings. The van der Waals surface area contributed by atoms with Crippen LogP contribution < -0.4 is 0 Å². The van der Waals surface area contributed by atoms with E-state index in [-0.39, 0.29) is 5.12 Å². The van der Waals surface area contributed by atoms with E-state index < -0.39 is 0 Å². The summed E-state index contributed by atoms with van der Waals surface area (Å²) in [6, 6.07) is 25.9. The molecule has 8 bridgehead atoms. The number of nitrogens with one attached hydrogen (secondary N) is 2. The predicted molar refractivity (Wildman–Crippen MR) is 240 cm³/mol. The van der Waals surface area contributed by atoms with E-state index in [1.54, 1.807) is 6.92 Å². The fourth-order valence-corrected chi connectivity index (χ4v) is 9.49. The van der Waals surface area contributed by atoms with E-state index in [4.69, 9.17) is 9.97 Å². The summed E-state index contributed by atoms with van der Waals surface area (Å²) < 4.78 is 0. The zero-order valence-corrected chi connectivity index (χ0v) is 34.1. The van der Waals surface area contributed by atoms with Crippen LogP contribution >= 0.6 is 11.8 Å². The summed E-state index contributed by atoms with van der Waals surface area (Å²) in [5.74, 6) is 1.10. The molecule has 0 atom stereocenters. The van der Waals surface area contributed by atoms with E-state index in [0.29, 0.717) is 0 Å². The van der Waals surface area contributed by atoms with Crippen molar-refractivity contribution < 1.29 is 4.79 Å². The summed E-state index contributed by atoms with van der Waals surface area (Å²) >= 11 is 1.24. The van der Waals surface area contributed by atoms with Crippen LogP contribution in [0.1, 0.15) is 68.6 Å². The van der Waals surface area contributed by atoms with Crippen molar-refractivity contribution in [3.8, 4) is 33.4 Å². The number of benzene rings is 3. The number of hydrogen-bond acceptors (Lipinski definition) is 4. The van der Waals surface area contributed by atoms with E-state index in [1.165, 1.54) is 56.3 Å². The first kappa shape index (κ1) is 36.9. The molecule has 2 N–H and O–H groups in total. The predicted octanol–water partition coefficient (Wildman–Crippen LogP) is 12.9. The van der Waals surface area contributed by atoms with Gasteiger partial charge in [-0.1, -0.05) is 59.3 Å². The van der Waals surface area contributed by atoms with E-state index in [1.807, 2.05) is 12.1 Å². The van der Waals surface area contributed by atoms with Crippen LogP contribution in [-0.2, 0) is 4.79 Å². The van der Waals surface area contributed by atoms with Gasteiger partial charge in [-0.25, -0.2) is 9.97 Å². The fourth-order valence-electron chi connectivity index (χ4n) is 8.88. The van der Waals surface area contributed by atoms with Gasteiger partial charge >= 0.3 is 0 Å². The maximum Gasteiger partial charge on any atom is 0.190 e. The van der Waals surface area contributed by atoms with Gasteiger partial charge in [-0.05, 0) is 167 Å². The largest absolute Gasteiger partial charge is 0.355 e. The molecule has 0 saturated heterocycles. The summed E-state index contributed by atoms with van der Waals surface area (Å²) in [5.41, 5.74) is 22.1. The average Bonchev–Trinajstić information content (AvgIpc) is 4.01. The summed E-state index contributed by atoms with van der Waals surface area (Å²) in [6.45, 7) is 14.7. The second-order valence-electron chi connectivity index (χ2n) is 15.3. The van der Waals surface area contributed by atoms with Gasteiger partial charge in [-0.3, -0.25) is 4.79 Å². The molecule has 9 rings (SSSR count). The Hall–Kier alpha value is -5.72. The van der Waals surface area contributed by atoms with Crippen molar-refractivity contribution in [1.29, 1.82) is 0 Å². The summed E-state index contributed by atoms with van der Waals surface area (Å²) in [4.78, 5) is 31.6. The Morgan fingerprint density at radius 3 is 1.32 bits per heavy atom. The average molecular weight is 760 g/mol. The van der Waals surface area contributed by atoms with Gasteiger partial charge in [0.05, 0.1) is 22.8 Å². The first-order valence-electron chi connectivity index (χ1n) is 19.4. The maximum atomic E-state index is 12.0. The monoisotopic (exact) mass is 759 g/mol. The second-order valence-corrected chi connectivity index (χ2v) is 16.6. The first-order valence-corrected chi connectivity index (χ1v) is 20.2. The maximum absolute atomic E-state index is 12.0. The Morgan fingerprint density at radius 1 is 0.491 bits per heavy atom. The van der Waals surface area contributed by atoms with Gasteiger partial charge in [0.25, 0.3) is 0 Å². The molecule has 2 aliphatic heterocycles. The second kappa shape index (κ2) is 14.7. The Labute approximate surface area is 339 Å². The number of fused-ring (bicyclic) bond motifs is 8. The van der Waals surface area contributed by atoms with Gasteiger partial charge < -0.3 is 9.97 Å². The number of carbonyl (C=O) groups is 1. The van der Waals surface area contributed by atoms with Crippen molar-refractivity contribution in [2.75, 3.05) is 0 Å². The molecule has 6 aromatic rings. The number of nitrogens with zero attached hydrogens (tertiary/aromatic N) is 2. The van der Waals surface area contributed by atoms with Crippen molar-refractivity contribution in [2.24, 2.45) is 0 Å². The zero-order chi connectivity index (χ0) is 39.5. The van der Waals surface area contributed by atoms with Gasteiger partial charge in [-0.15, -0.1) is 0 Å². The Bertz CT molecular complexity index is 2760. The lowest BCUT2D eigenvalue weighted by Crippen LogP contribution is -1.99. The number of hydrogen-bond donors (Lipinski definition) is 2. The van der Waals surface area contributed by atoms with Crippen molar-refractivity contribution in [3.05, 3.63) is 166 Å². The molecule has 1 aliphatic carbocycles. The SMILES string of the molecule is CC(=O)Sc1ccc(-c2c3nc(c(-c4c(C)cc(C)cc4C)c4ccc([nH]4)c([C]4[CH][CH][CH][CH]4)c4nc(c(-c5c(C)cc(C)cc5C)c5ccc2[nH]5)C=C4)C=C3)cc1. The number of thioether (sulfide) groups is 1. The molecule has 57 heavy (non-hydrogen) atoms. The summed E-state index contributed by atoms with van der Waals surface area (Å²) in [5, 5.41) is 0.0576. The van der Waals surface area contributed by atoms with Crippen LogP contribution in [0.25, 0.3) is 79.8 Å². The minimum atomic E-state index is 0.0576. The molecule has 0 amide bonds. The highest BCUT2D eigenvalue weighted by atomic mass is 32.2. The van der Waals surface area contributed by atoms with Gasteiger partial charge in [-0.2, -0.15) is 0 Å². The fraction of sp³-hybridized carbons (Fsp3) is 0.137. The van der Waals surface area contributed by atoms with Crippen LogP contribution in [0.4, 0.5) is 0 Å². The first-order chi connectivity index (χ1) is 27.5. The number of aromatic amines is 2. The zero-order valence-electron chi connectivity index (χ0n) is 33.3. The molecule has 5 radical (unpaired) electrons. The molecule has 0 unspecified atom stereocenters. The number of H-pyrrole nitrogens is 2. The van der Waals surface area contributed by atoms with Crippen LogP contribution in [0, 0.1) is 73.1 Å². The van der Waals surface area contributed by atoms with Gasteiger partial charge in [0.2, 0.25) is 0 Å². The van der Waals surface area contributed by atoms with Crippen molar-refractivity contribution in [1.82, 2.24) is 19.9 Å². The number of aromatic nitrogens is 4. The van der Waals surface area contributed by atoms with Crippen molar-refractivity contribution in [3.63, 3.8) is 0 Å². The Balaban J connectivity index is 1.46. The lowest BCUT2D eigenvalue weighted by atomic mass is 9.92. The van der Waals surface area contributed by atoms with Crippen LogP contribution in [0.15, 0.2) is 77.7 Å². The molecular weight excluding hydrogens is 717 g/mol. The molecule has 279 valence electrons. The summed E-state index contributed by atoms with van der Waals surface area (Å²) in [6.07, 6.45) is 17.1. The molecule has 5 nitrogen and oxygen atoms in total. The number of aryl methyl sites for hydroxylation is 6. The smallest absolute Gasteiger partial charge is 0.190 e. The Morgan fingerprint density at radius 2 is 0.877 bits per heavy atom. The lowest BCUT2D eigenvalue weighted by Gasteiger charge is -2.14. The molecule has 6 heteroatoms. The lowest BCUT2D eigenvalue weighted by molar-refractivity contribution is -0.109. The van der Waals surface area contributed by atoms with Crippen molar-refractivity contribution >= 4 is 63.2 Å². The topological polar surface area (TPSA) is 74.4 Å². The molecule has 1 saturated carbocycles. The summed E-state index contributed by atoms with van der Waals surface area (Å²) in [7, 11) is 0. The van der Waals surface area contributed by atoms with E-state index in [2.05, 4.69) is 162 Å². The quantitative estimate of drug-likeness (QED) is 0.171. The van der Waals surface area contributed by atoms with Crippen LogP contribution in [0.3, 0.4) is 0 Å². The van der Waals surface area contributed by atoms with Gasteiger partial charge in [0, 0.05) is 62.1 Å². The van der Waals surface area contributed by atoms with Gasteiger partial charge in [0.1, 0.15) is 0 Å². The third kappa shape index (κ3) is 6.80.